The molecule has 1 aromatic carbocycles. The van der Waals surface area contributed by atoms with Crippen molar-refractivity contribution in [2.75, 3.05) is 0 Å². The zero-order valence-electron chi connectivity index (χ0n) is 10.5. The molecular weight excluding hydrogens is 192 g/mol. The highest BCUT2D eigenvalue weighted by Crippen LogP contribution is 2.40. The van der Waals surface area contributed by atoms with E-state index in [2.05, 4.69) is 44.2 Å². The van der Waals surface area contributed by atoms with Gasteiger partial charge in [0, 0.05) is 5.92 Å². The van der Waals surface area contributed by atoms with Crippen molar-refractivity contribution in [1.82, 2.24) is 0 Å². The molecule has 16 heavy (non-hydrogen) atoms. The molecule has 0 nitrogen and oxygen atoms in total. The van der Waals surface area contributed by atoms with E-state index in [-0.39, 0.29) is 0 Å². The minimum absolute atomic E-state index is 0.688. The first-order valence-corrected chi connectivity index (χ1v) is 6.66. The maximum Gasteiger partial charge on any atom is 0.00299 e. The lowest BCUT2D eigenvalue weighted by atomic mass is 9.96. The van der Waals surface area contributed by atoms with Crippen molar-refractivity contribution >= 4 is 5.57 Å². The summed E-state index contributed by atoms with van der Waals surface area (Å²) in [5.41, 5.74) is 4.68. The third-order valence-corrected chi connectivity index (χ3v) is 3.51. The van der Waals surface area contributed by atoms with Crippen molar-refractivity contribution in [3.63, 3.8) is 0 Å². The van der Waals surface area contributed by atoms with Crippen LogP contribution in [0.15, 0.2) is 30.3 Å². The Labute approximate surface area is 99.4 Å². The van der Waals surface area contributed by atoms with Crippen LogP contribution >= 0.6 is 0 Å². The Bertz CT molecular complexity index is 373. The van der Waals surface area contributed by atoms with Crippen LogP contribution in [0.25, 0.3) is 5.57 Å². The van der Waals surface area contributed by atoms with E-state index in [1.54, 1.807) is 11.1 Å². The molecule has 0 radical (unpaired) electrons. The number of hydrogen-bond donors (Lipinski definition) is 0. The molecule has 0 spiro atoms. The number of hydrogen-bond acceptors (Lipinski definition) is 0. The summed E-state index contributed by atoms with van der Waals surface area (Å²) in [6, 6.07) is 8.96. The van der Waals surface area contributed by atoms with E-state index in [4.69, 9.17) is 0 Å². The van der Waals surface area contributed by atoms with E-state index >= 15 is 0 Å². The fourth-order valence-electron chi connectivity index (χ4n) is 2.67. The standard InChI is InChI=1S/C16H22/c1-3-5-9-14-12-13(8-4-2)15-10-6-7-11-16(14)15/h6-7,10-13H,3-5,8-9H2,1-2H3. The number of fused-ring (bicyclic) bond motifs is 1. The van der Waals surface area contributed by atoms with Crippen molar-refractivity contribution < 1.29 is 0 Å². The van der Waals surface area contributed by atoms with Crippen molar-refractivity contribution in [3.8, 4) is 0 Å². The van der Waals surface area contributed by atoms with Gasteiger partial charge in [0.05, 0.1) is 0 Å². The number of unbranched alkanes of at least 4 members (excludes halogenated alkanes) is 1. The molecule has 0 amide bonds. The second-order valence-corrected chi connectivity index (χ2v) is 4.78. The fraction of sp³-hybridized carbons (Fsp3) is 0.500. The summed E-state index contributed by atoms with van der Waals surface area (Å²) in [6.45, 7) is 4.55. The fourth-order valence-corrected chi connectivity index (χ4v) is 2.67. The molecule has 0 aromatic heterocycles. The average molecular weight is 214 g/mol. The molecule has 0 heterocycles. The first kappa shape index (κ1) is 11.4. The van der Waals surface area contributed by atoms with Gasteiger partial charge in [-0.25, -0.2) is 0 Å². The van der Waals surface area contributed by atoms with E-state index in [1.165, 1.54) is 37.7 Å². The summed E-state index contributed by atoms with van der Waals surface area (Å²) in [7, 11) is 0. The Hall–Kier alpha value is -1.04. The lowest BCUT2D eigenvalue weighted by Crippen LogP contribution is -1.91. The van der Waals surface area contributed by atoms with Crippen LogP contribution in [0.1, 0.15) is 63.0 Å². The summed E-state index contributed by atoms with van der Waals surface area (Å²) in [5, 5.41) is 0. The Morgan fingerprint density at radius 3 is 2.62 bits per heavy atom. The molecule has 1 atom stereocenters. The average Bonchev–Trinajstić information content (AvgIpc) is 2.66. The second kappa shape index (κ2) is 5.34. The quantitative estimate of drug-likeness (QED) is 0.635. The van der Waals surface area contributed by atoms with Gasteiger partial charge in [-0.2, -0.15) is 0 Å². The first-order valence-electron chi connectivity index (χ1n) is 6.66. The molecule has 1 unspecified atom stereocenters. The molecule has 1 aliphatic carbocycles. The lowest BCUT2D eigenvalue weighted by molar-refractivity contribution is 0.725. The molecule has 0 saturated heterocycles. The van der Waals surface area contributed by atoms with E-state index in [0.29, 0.717) is 5.92 Å². The normalized spacial score (nSPS) is 18.4. The van der Waals surface area contributed by atoms with Crippen LogP contribution in [0, 0.1) is 0 Å². The van der Waals surface area contributed by atoms with E-state index in [0.717, 1.165) is 0 Å². The third-order valence-electron chi connectivity index (χ3n) is 3.51. The van der Waals surface area contributed by atoms with Gasteiger partial charge in [0.1, 0.15) is 0 Å². The maximum absolute atomic E-state index is 2.52. The highest BCUT2D eigenvalue weighted by molar-refractivity contribution is 5.74. The summed E-state index contributed by atoms with van der Waals surface area (Å²) >= 11 is 0. The predicted molar refractivity (Wildman–Crippen MR) is 71.6 cm³/mol. The van der Waals surface area contributed by atoms with E-state index < -0.39 is 0 Å². The van der Waals surface area contributed by atoms with Crippen LogP contribution in [0.3, 0.4) is 0 Å². The maximum atomic E-state index is 2.52. The van der Waals surface area contributed by atoms with Crippen LogP contribution in [-0.4, -0.2) is 0 Å². The number of benzene rings is 1. The van der Waals surface area contributed by atoms with Gasteiger partial charge in [-0.15, -0.1) is 0 Å². The topological polar surface area (TPSA) is 0 Å². The summed E-state index contributed by atoms with van der Waals surface area (Å²) in [5.74, 6) is 0.688. The lowest BCUT2D eigenvalue weighted by Gasteiger charge is -2.08. The van der Waals surface area contributed by atoms with Gasteiger partial charge >= 0.3 is 0 Å². The Balaban J connectivity index is 2.22. The van der Waals surface area contributed by atoms with Crippen molar-refractivity contribution in [2.45, 2.75) is 51.9 Å². The minimum atomic E-state index is 0.688. The molecule has 0 saturated carbocycles. The Morgan fingerprint density at radius 1 is 1.06 bits per heavy atom. The molecule has 0 bridgehead atoms. The van der Waals surface area contributed by atoms with Gasteiger partial charge in [0.2, 0.25) is 0 Å². The van der Waals surface area contributed by atoms with Crippen molar-refractivity contribution in [2.24, 2.45) is 0 Å². The number of rotatable bonds is 5. The minimum Gasteiger partial charge on any atom is -0.0732 e. The van der Waals surface area contributed by atoms with Gasteiger partial charge in [-0.1, -0.05) is 57.0 Å². The Morgan fingerprint density at radius 2 is 1.88 bits per heavy atom. The molecule has 0 heteroatoms. The largest absolute Gasteiger partial charge is 0.0732 e. The highest BCUT2D eigenvalue weighted by atomic mass is 14.3. The summed E-state index contributed by atoms with van der Waals surface area (Å²) in [4.78, 5) is 0. The van der Waals surface area contributed by atoms with Gasteiger partial charge in [0.15, 0.2) is 0 Å². The second-order valence-electron chi connectivity index (χ2n) is 4.78. The van der Waals surface area contributed by atoms with Crippen molar-refractivity contribution in [3.05, 3.63) is 41.5 Å². The van der Waals surface area contributed by atoms with Crippen LogP contribution < -0.4 is 0 Å². The smallest absolute Gasteiger partial charge is 0.00299 e. The first-order chi connectivity index (χ1) is 7.86. The molecular formula is C16H22. The molecule has 86 valence electrons. The molecule has 1 aromatic rings. The van der Waals surface area contributed by atoms with E-state index in [9.17, 15) is 0 Å². The van der Waals surface area contributed by atoms with Gasteiger partial charge in [-0.3, -0.25) is 0 Å². The summed E-state index contributed by atoms with van der Waals surface area (Å²) in [6.07, 6.45) is 8.96. The van der Waals surface area contributed by atoms with Gasteiger partial charge in [0.25, 0.3) is 0 Å². The third kappa shape index (κ3) is 2.21. The zero-order chi connectivity index (χ0) is 11.4. The molecule has 0 aliphatic heterocycles. The van der Waals surface area contributed by atoms with Crippen molar-refractivity contribution in [1.29, 1.82) is 0 Å². The SMILES string of the molecule is CCCCC1=CC(CCC)c2ccccc21. The van der Waals surface area contributed by atoms with Gasteiger partial charge < -0.3 is 0 Å². The zero-order valence-corrected chi connectivity index (χ0v) is 10.5. The molecule has 0 N–H and O–H groups in total. The predicted octanol–water partition coefficient (Wildman–Crippen LogP) is 5.16. The summed E-state index contributed by atoms with van der Waals surface area (Å²) < 4.78 is 0. The monoisotopic (exact) mass is 214 g/mol. The van der Waals surface area contributed by atoms with Crippen LogP contribution in [-0.2, 0) is 0 Å². The van der Waals surface area contributed by atoms with Crippen LogP contribution in [0.5, 0.6) is 0 Å². The van der Waals surface area contributed by atoms with Crippen LogP contribution in [0.4, 0.5) is 0 Å². The van der Waals surface area contributed by atoms with E-state index in [1.807, 2.05) is 0 Å². The van der Waals surface area contributed by atoms with Gasteiger partial charge in [-0.05, 0) is 36.0 Å². The molecule has 1 aliphatic rings. The molecule has 0 fully saturated rings. The Kier molecular flexibility index (Phi) is 3.82. The molecule has 2 rings (SSSR count). The highest BCUT2D eigenvalue weighted by Gasteiger charge is 2.21. The van der Waals surface area contributed by atoms with Crippen LogP contribution in [0.2, 0.25) is 0 Å². The number of allylic oxidation sites excluding steroid dienone is 2.